The van der Waals surface area contributed by atoms with Gasteiger partial charge in [0.2, 0.25) is 0 Å². The van der Waals surface area contributed by atoms with Gasteiger partial charge in [0.05, 0.1) is 33.6 Å². The zero-order chi connectivity index (χ0) is 27.4. The number of benzene rings is 2. The third-order valence-corrected chi connectivity index (χ3v) is 8.09. The molecule has 0 atom stereocenters. The topological polar surface area (TPSA) is 125 Å². The number of carbonyl (C=O) groups is 1. The summed E-state index contributed by atoms with van der Waals surface area (Å²) in [4.78, 5) is 14.5. The third-order valence-electron chi connectivity index (χ3n) is 6.74. The van der Waals surface area contributed by atoms with Crippen LogP contribution in [0.25, 0.3) is 23.1 Å². The number of halogens is 1. The van der Waals surface area contributed by atoms with Gasteiger partial charge in [0, 0.05) is 30.7 Å². The molecular weight excluding hydrogens is 521 g/mol. The van der Waals surface area contributed by atoms with Crippen molar-refractivity contribution >= 4 is 44.7 Å². The van der Waals surface area contributed by atoms with Crippen LogP contribution in [0.4, 0.5) is 10.1 Å². The molecule has 0 saturated carbocycles. The van der Waals surface area contributed by atoms with Gasteiger partial charge in [-0.05, 0) is 81.4 Å². The quantitative estimate of drug-likeness (QED) is 0.276. The zero-order valence-electron chi connectivity index (χ0n) is 21.5. The summed E-state index contributed by atoms with van der Waals surface area (Å²) in [5.74, 6) is -1.47. The molecule has 1 aliphatic heterocycles. The molecular formula is C27H30FN7O3S. The van der Waals surface area contributed by atoms with E-state index in [1.165, 1.54) is 57.2 Å². The van der Waals surface area contributed by atoms with Gasteiger partial charge in [-0.1, -0.05) is 6.07 Å². The minimum absolute atomic E-state index is 0.101. The van der Waals surface area contributed by atoms with E-state index >= 15 is 0 Å². The molecule has 12 heteroatoms. The Hall–Kier alpha value is -4.03. The Balaban J connectivity index is 1.28. The molecule has 5 rings (SSSR count). The van der Waals surface area contributed by atoms with Crippen LogP contribution in [-0.2, 0) is 16.6 Å². The van der Waals surface area contributed by atoms with Gasteiger partial charge in [0.25, 0.3) is 15.9 Å². The van der Waals surface area contributed by atoms with E-state index in [9.17, 15) is 17.6 Å². The molecule has 1 aliphatic rings. The molecule has 1 amide bonds. The van der Waals surface area contributed by atoms with Crippen LogP contribution >= 0.6 is 0 Å². The fourth-order valence-corrected chi connectivity index (χ4v) is 5.80. The molecule has 10 nitrogen and oxygen atoms in total. The molecule has 4 aromatic rings. The van der Waals surface area contributed by atoms with Crippen LogP contribution in [0.2, 0.25) is 0 Å². The number of rotatable bonds is 10. The molecule has 1 saturated heterocycles. The number of aryl methyl sites for hydroxylation is 1. The Morgan fingerprint density at radius 2 is 1.97 bits per heavy atom. The number of hydrogen-bond acceptors (Lipinski definition) is 6. The molecule has 0 unspecified atom stereocenters. The molecule has 204 valence electrons. The molecule has 0 aliphatic carbocycles. The van der Waals surface area contributed by atoms with E-state index in [0.29, 0.717) is 11.2 Å². The second-order valence-corrected chi connectivity index (χ2v) is 11.1. The number of nitrogens with zero attached hydrogens (tertiary/aromatic N) is 4. The number of amides is 1. The first-order chi connectivity index (χ1) is 18.8. The van der Waals surface area contributed by atoms with E-state index in [1.54, 1.807) is 12.3 Å². The van der Waals surface area contributed by atoms with Gasteiger partial charge in [0.1, 0.15) is 5.82 Å². The van der Waals surface area contributed by atoms with Crippen molar-refractivity contribution in [2.75, 3.05) is 31.4 Å². The van der Waals surface area contributed by atoms with Crippen LogP contribution < -0.4 is 10.0 Å². The summed E-state index contributed by atoms with van der Waals surface area (Å²) in [7, 11) is -2.82. The summed E-state index contributed by atoms with van der Waals surface area (Å²) in [6.45, 7) is 4.34. The number of likely N-dealkylation sites (tertiary alicyclic amines) is 1. The number of hydrogen-bond donors (Lipinski definition) is 3. The van der Waals surface area contributed by atoms with Crippen LogP contribution in [0.5, 0.6) is 0 Å². The summed E-state index contributed by atoms with van der Waals surface area (Å²) in [6, 6.07) is 8.23. The van der Waals surface area contributed by atoms with Gasteiger partial charge >= 0.3 is 0 Å². The Morgan fingerprint density at radius 3 is 2.77 bits per heavy atom. The number of carbonyl (C=O) groups excluding carboxylic acids is 1. The number of H-pyrrole nitrogens is 1. The third kappa shape index (κ3) is 6.02. The fourth-order valence-electron chi connectivity index (χ4n) is 4.68. The minimum atomic E-state index is -4.20. The second-order valence-electron chi connectivity index (χ2n) is 9.44. The maximum Gasteiger partial charge on any atom is 0.262 e. The highest BCUT2D eigenvalue weighted by Gasteiger charge is 2.22. The van der Waals surface area contributed by atoms with Crippen LogP contribution in [0, 0.1) is 5.82 Å². The van der Waals surface area contributed by atoms with Gasteiger partial charge in [-0.25, -0.2) is 12.8 Å². The molecule has 39 heavy (non-hydrogen) atoms. The number of sulfonamides is 1. The molecule has 2 aromatic carbocycles. The fraction of sp³-hybridized carbons (Fsp3) is 0.296. The second kappa shape index (κ2) is 11.4. The predicted molar refractivity (Wildman–Crippen MR) is 148 cm³/mol. The Labute approximate surface area is 225 Å². The predicted octanol–water partition coefficient (Wildman–Crippen LogP) is 3.72. The molecule has 3 heterocycles. The lowest BCUT2D eigenvalue weighted by Gasteiger charge is -2.13. The minimum Gasteiger partial charge on any atom is -0.355 e. The van der Waals surface area contributed by atoms with E-state index in [-0.39, 0.29) is 10.5 Å². The molecule has 0 radical (unpaired) electrons. The molecule has 2 aromatic heterocycles. The lowest BCUT2D eigenvalue weighted by molar-refractivity contribution is 0.0963. The average Bonchev–Trinajstić information content (AvgIpc) is 3.69. The van der Waals surface area contributed by atoms with Crippen molar-refractivity contribution in [1.29, 1.82) is 0 Å². The Morgan fingerprint density at radius 1 is 1.15 bits per heavy atom. The van der Waals surface area contributed by atoms with Crippen molar-refractivity contribution < 1.29 is 17.6 Å². The van der Waals surface area contributed by atoms with Crippen LogP contribution in [0.3, 0.4) is 0 Å². The number of aromatic amines is 1. The van der Waals surface area contributed by atoms with Crippen molar-refractivity contribution in [3.05, 3.63) is 71.4 Å². The molecule has 0 spiro atoms. The first kappa shape index (κ1) is 26.6. The number of nitrogens with one attached hydrogen (secondary N) is 3. The van der Waals surface area contributed by atoms with Crippen molar-refractivity contribution in [3.8, 4) is 0 Å². The van der Waals surface area contributed by atoms with Crippen LogP contribution in [0.1, 0.15) is 40.9 Å². The van der Waals surface area contributed by atoms with Crippen LogP contribution in [-0.4, -0.2) is 65.9 Å². The molecule has 0 bridgehead atoms. The number of fused-ring (bicyclic) bond motifs is 1. The normalized spacial score (nSPS) is 14.4. The lowest BCUT2D eigenvalue weighted by atomic mass is 10.1. The van der Waals surface area contributed by atoms with Gasteiger partial charge in [-0.2, -0.15) is 10.2 Å². The summed E-state index contributed by atoms with van der Waals surface area (Å²) >= 11 is 0. The monoisotopic (exact) mass is 551 g/mol. The summed E-state index contributed by atoms with van der Waals surface area (Å²) < 4.78 is 44.7. The van der Waals surface area contributed by atoms with Crippen molar-refractivity contribution in [2.24, 2.45) is 0 Å². The van der Waals surface area contributed by atoms with Gasteiger partial charge in [-0.3, -0.25) is 19.3 Å². The maximum absolute atomic E-state index is 14.5. The number of aromatic nitrogens is 4. The first-order valence-corrected chi connectivity index (χ1v) is 14.3. The lowest BCUT2D eigenvalue weighted by Crippen LogP contribution is -2.22. The number of anilines is 1. The maximum atomic E-state index is 14.5. The van der Waals surface area contributed by atoms with Gasteiger partial charge < -0.3 is 10.2 Å². The standard InChI is InChI=1S/C27H30FN7O3S/c1-29-27(36)22-6-4-7-23(28)26(22)33-39(37,38)20-9-10-21-24(31-32-25(21)16-20)11-8-19-17-30-35(18-19)15-5-14-34-12-2-3-13-34/h4,6-11,16-18,33H,2-3,5,12-15H2,1H3,(H,29,36)(H,31,32)/b11-8+. The highest BCUT2D eigenvalue weighted by molar-refractivity contribution is 7.92. The number of para-hydroxylation sites is 1. The van der Waals surface area contributed by atoms with E-state index in [0.717, 1.165) is 36.5 Å². The Bertz CT molecular complexity index is 1620. The van der Waals surface area contributed by atoms with Crippen molar-refractivity contribution in [1.82, 2.24) is 30.2 Å². The van der Waals surface area contributed by atoms with E-state index < -0.39 is 27.4 Å². The SMILES string of the molecule is CNC(=O)c1cccc(F)c1NS(=O)(=O)c1ccc2c(/C=C/c3cnn(CCCN4CCCC4)c3)n[nH]c2c1. The molecule has 1 fully saturated rings. The summed E-state index contributed by atoms with van der Waals surface area (Å²) in [5.41, 5.74) is 1.54. The van der Waals surface area contributed by atoms with Gasteiger partial charge in [0.15, 0.2) is 0 Å². The first-order valence-electron chi connectivity index (χ1n) is 12.8. The highest BCUT2D eigenvalue weighted by Crippen LogP contribution is 2.26. The van der Waals surface area contributed by atoms with E-state index in [2.05, 4.69) is 30.2 Å². The van der Waals surface area contributed by atoms with Crippen LogP contribution in [0.15, 0.2) is 53.7 Å². The highest BCUT2D eigenvalue weighted by atomic mass is 32.2. The largest absolute Gasteiger partial charge is 0.355 e. The van der Waals surface area contributed by atoms with Gasteiger partial charge in [-0.15, -0.1) is 0 Å². The zero-order valence-corrected chi connectivity index (χ0v) is 22.3. The molecule has 3 N–H and O–H groups in total. The van der Waals surface area contributed by atoms with E-state index in [1.807, 2.05) is 23.0 Å². The smallest absolute Gasteiger partial charge is 0.262 e. The van der Waals surface area contributed by atoms with E-state index in [4.69, 9.17) is 0 Å². The Kier molecular flexibility index (Phi) is 7.75. The summed E-state index contributed by atoms with van der Waals surface area (Å²) in [6.07, 6.45) is 11.2. The summed E-state index contributed by atoms with van der Waals surface area (Å²) in [5, 5.41) is 14.7. The van der Waals surface area contributed by atoms with Crippen molar-refractivity contribution in [2.45, 2.75) is 30.7 Å². The van der Waals surface area contributed by atoms with Crippen molar-refractivity contribution in [3.63, 3.8) is 0 Å². The average molecular weight is 552 g/mol.